The van der Waals surface area contributed by atoms with Crippen LogP contribution in [0.15, 0.2) is 22.7 Å². The minimum absolute atomic E-state index is 0.173. The first kappa shape index (κ1) is 13.2. The van der Waals surface area contributed by atoms with Crippen LogP contribution < -0.4 is 5.32 Å². The van der Waals surface area contributed by atoms with E-state index in [2.05, 4.69) is 26.2 Å². The van der Waals surface area contributed by atoms with Gasteiger partial charge in [-0.15, -0.1) is 11.3 Å². The zero-order valence-electron chi connectivity index (χ0n) is 10.5. The molecular weight excluding hydrogens is 327 g/mol. The van der Waals surface area contributed by atoms with Gasteiger partial charge in [0.15, 0.2) is 0 Å². The minimum atomic E-state index is -0.196. The second-order valence-electron chi connectivity index (χ2n) is 4.66. The van der Waals surface area contributed by atoms with Crippen molar-refractivity contribution in [2.24, 2.45) is 0 Å². The summed E-state index contributed by atoms with van der Waals surface area (Å²) in [5.41, 5.74) is 1.85. The Bertz CT molecular complexity index is 590. The predicted molar refractivity (Wildman–Crippen MR) is 79.1 cm³/mol. The summed E-state index contributed by atoms with van der Waals surface area (Å²) >= 11 is 5.11. The molecule has 2 aromatic rings. The lowest BCUT2D eigenvalue weighted by Gasteiger charge is -2.15. The number of halogens is 2. The van der Waals surface area contributed by atoms with E-state index >= 15 is 0 Å². The number of benzene rings is 1. The van der Waals surface area contributed by atoms with Gasteiger partial charge >= 0.3 is 0 Å². The van der Waals surface area contributed by atoms with Gasteiger partial charge in [-0.1, -0.05) is 15.9 Å². The van der Waals surface area contributed by atoms with E-state index in [1.165, 1.54) is 23.1 Å². The molecule has 0 saturated carbocycles. The van der Waals surface area contributed by atoms with Gasteiger partial charge in [0.25, 0.3) is 0 Å². The van der Waals surface area contributed by atoms with Crippen LogP contribution in [0.25, 0.3) is 0 Å². The van der Waals surface area contributed by atoms with Gasteiger partial charge in [0.05, 0.1) is 11.7 Å². The number of nitrogens with one attached hydrogen (secondary N) is 1. The Morgan fingerprint density at radius 2 is 2.26 bits per heavy atom. The third-order valence-electron chi connectivity index (χ3n) is 3.42. The highest BCUT2D eigenvalue weighted by molar-refractivity contribution is 9.10. The van der Waals surface area contributed by atoms with Crippen LogP contribution in [-0.2, 0) is 12.8 Å². The van der Waals surface area contributed by atoms with Crippen LogP contribution in [0.4, 0.5) is 4.39 Å². The number of hydrogen-bond acceptors (Lipinski definition) is 3. The smallest absolute Gasteiger partial charge is 0.128 e. The van der Waals surface area contributed by atoms with Gasteiger partial charge in [-0.3, -0.25) is 0 Å². The van der Waals surface area contributed by atoms with Crippen LogP contribution in [0.2, 0.25) is 0 Å². The maximum absolute atomic E-state index is 14.0. The first-order valence-electron chi connectivity index (χ1n) is 6.29. The summed E-state index contributed by atoms with van der Waals surface area (Å²) in [6.07, 6.45) is 3.37. The molecule has 0 fully saturated rings. The molecule has 1 aromatic carbocycles. The Hall–Kier alpha value is -0.780. The molecule has 1 aliphatic rings. The van der Waals surface area contributed by atoms with E-state index in [9.17, 15) is 4.39 Å². The van der Waals surface area contributed by atoms with E-state index in [0.29, 0.717) is 5.56 Å². The molecule has 0 spiro atoms. The summed E-state index contributed by atoms with van der Waals surface area (Å²) < 4.78 is 14.9. The second kappa shape index (κ2) is 5.31. The molecule has 0 saturated heterocycles. The number of fused-ring (bicyclic) bond motifs is 1. The molecule has 1 unspecified atom stereocenters. The molecule has 1 atom stereocenters. The zero-order chi connectivity index (χ0) is 13.4. The molecule has 1 aromatic heterocycles. The molecule has 1 heterocycles. The summed E-state index contributed by atoms with van der Waals surface area (Å²) in [7, 11) is 1.84. The maximum Gasteiger partial charge on any atom is 0.128 e. The fourth-order valence-corrected chi connectivity index (χ4v) is 4.14. The van der Waals surface area contributed by atoms with Crippen molar-refractivity contribution >= 4 is 27.3 Å². The van der Waals surface area contributed by atoms with Crippen molar-refractivity contribution in [1.29, 1.82) is 0 Å². The van der Waals surface area contributed by atoms with Crippen molar-refractivity contribution in [3.8, 4) is 0 Å². The van der Waals surface area contributed by atoms with E-state index in [0.717, 1.165) is 22.3 Å². The fraction of sp³-hybridized carbons (Fsp3) is 0.357. The number of rotatable bonds is 3. The molecule has 1 aliphatic carbocycles. The van der Waals surface area contributed by atoms with Crippen molar-refractivity contribution in [2.75, 3.05) is 7.05 Å². The molecule has 1 N–H and O–H groups in total. The Kier molecular flexibility index (Phi) is 3.69. The number of aryl methyl sites for hydroxylation is 2. The third-order valence-corrected chi connectivity index (χ3v) is 5.13. The maximum atomic E-state index is 14.0. The van der Waals surface area contributed by atoms with Crippen molar-refractivity contribution in [2.45, 2.75) is 25.3 Å². The molecule has 0 bridgehead atoms. The third kappa shape index (κ3) is 2.47. The van der Waals surface area contributed by atoms with Crippen molar-refractivity contribution < 1.29 is 4.39 Å². The molecule has 100 valence electrons. The zero-order valence-corrected chi connectivity index (χ0v) is 12.9. The molecule has 0 radical (unpaired) electrons. The van der Waals surface area contributed by atoms with Crippen LogP contribution >= 0.6 is 27.3 Å². The fourth-order valence-electron chi connectivity index (χ4n) is 2.48. The highest BCUT2D eigenvalue weighted by atomic mass is 79.9. The van der Waals surface area contributed by atoms with Crippen LogP contribution in [-0.4, -0.2) is 12.0 Å². The topological polar surface area (TPSA) is 24.9 Å². The van der Waals surface area contributed by atoms with Crippen LogP contribution in [0.1, 0.15) is 33.6 Å². The monoisotopic (exact) mass is 340 g/mol. The van der Waals surface area contributed by atoms with Gasteiger partial charge in [-0.2, -0.15) is 0 Å². The number of nitrogens with zero attached hydrogens (tertiary/aromatic N) is 1. The van der Waals surface area contributed by atoms with Gasteiger partial charge < -0.3 is 5.32 Å². The molecule has 0 amide bonds. The molecule has 3 rings (SSSR count). The number of thiazole rings is 1. The largest absolute Gasteiger partial charge is 0.307 e. The molecule has 2 nitrogen and oxygen atoms in total. The normalized spacial score (nSPS) is 15.5. The first-order valence-corrected chi connectivity index (χ1v) is 7.90. The van der Waals surface area contributed by atoms with Gasteiger partial charge in [-0.05, 0) is 44.5 Å². The Labute approximate surface area is 124 Å². The minimum Gasteiger partial charge on any atom is -0.307 e. The predicted octanol–water partition coefficient (Wildman–Crippen LogP) is 3.84. The number of aromatic nitrogens is 1. The van der Waals surface area contributed by atoms with Crippen molar-refractivity contribution in [3.05, 3.63) is 49.6 Å². The Morgan fingerprint density at radius 3 is 3.00 bits per heavy atom. The van der Waals surface area contributed by atoms with E-state index in [-0.39, 0.29) is 11.9 Å². The first-order chi connectivity index (χ1) is 9.19. The molecule has 19 heavy (non-hydrogen) atoms. The van der Waals surface area contributed by atoms with Crippen LogP contribution in [0.3, 0.4) is 0 Å². The van der Waals surface area contributed by atoms with Crippen LogP contribution in [0, 0.1) is 5.82 Å². The average molecular weight is 341 g/mol. The molecule has 5 heteroatoms. The Morgan fingerprint density at radius 1 is 1.42 bits per heavy atom. The average Bonchev–Trinajstić information content (AvgIpc) is 2.95. The lowest BCUT2D eigenvalue weighted by atomic mass is 10.1. The standard InChI is InChI=1S/C14H14BrFN2S/c1-17-13(9-7-8(15)5-6-10(9)16)14-18-11-3-2-4-12(11)19-14/h5-7,13,17H,2-4H2,1H3. The highest BCUT2D eigenvalue weighted by Gasteiger charge is 2.24. The summed E-state index contributed by atoms with van der Waals surface area (Å²) in [6, 6.07) is 4.86. The van der Waals surface area contributed by atoms with Crippen molar-refractivity contribution in [3.63, 3.8) is 0 Å². The summed E-state index contributed by atoms with van der Waals surface area (Å²) in [6.45, 7) is 0. The van der Waals surface area contributed by atoms with Gasteiger partial charge in [-0.25, -0.2) is 9.37 Å². The van der Waals surface area contributed by atoms with E-state index in [4.69, 9.17) is 0 Å². The van der Waals surface area contributed by atoms with Crippen LogP contribution in [0.5, 0.6) is 0 Å². The van der Waals surface area contributed by atoms with E-state index in [1.54, 1.807) is 17.4 Å². The molecular formula is C14H14BrFN2S. The quantitative estimate of drug-likeness (QED) is 0.918. The summed E-state index contributed by atoms with van der Waals surface area (Å²) in [5.74, 6) is -0.196. The lowest BCUT2D eigenvalue weighted by molar-refractivity contribution is 0.574. The SMILES string of the molecule is CNC(c1nc2c(s1)CCC2)c1cc(Br)ccc1F. The summed E-state index contributed by atoms with van der Waals surface area (Å²) in [4.78, 5) is 6.05. The van der Waals surface area contributed by atoms with E-state index < -0.39 is 0 Å². The van der Waals surface area contributed by atoms with Gasteiger partial charge in [0, 0.05) is 14.9 Å². The lowest BCUT2D eigenvalue weighted by Crippen LogP contribution is -2.19. The number of hydrogen-bond donors (Lipinski definition) is 1. The van der Waals surface area contributed by atoms with Crippen molar-refractivity contribution in [1.82, 2.24) is 10.3 Å². The Balaban J connectivity index is 2.01. The molecule has 0 aliphatic heterocycles. The summed E-state index contributed by atoms with van der Waals surface area (Å²) in [5, 5.41) is 4.14. The van der Waals surface area contributed by atoms with E-state index in [1.807, 2.05) is 13.1 Å². The second-order valence-corrected chi connectivity index (χ2v) is 6.69. The van der Waals surface area contributed by atoms with Gasteiger partial charge in [0.2, 0.25) is 0 Å². The van der Waals surface area contributed by atoms with Gasteiger partial charge in [0.1, 0.15) is 10.8 Å². The highest BCUT2D eigenvalue weighted by Crippen LogP contribution is 2.34.